The van der Waals surface area contributed by atoms with E-state index in [1.807, 2.05) is 0 Å². The van der Waals surface area contributed by atoms with Gasteiger partial charge in [0.15, 0.2) is 6.29 Å². The van der Waals surface area contributed by atoms with Crippen LogP contribution in [-0.2, 0) is 23.7 Å². The molecule has 0 saturated carbocycles. The van der Waals surface area contributed by atoms with Crippen molar-refractivity contribution in [1.82, 2.24) is 0 Å². The summed E-state index contributed by atoms with van der Waals surface area (Å²) in [5.74, 6) is 0. The van der Waals surface area contributed by atoms with Gasteiger partial charge in [0.25, 0.3) is 0 Å². The summed E-state index contributed by atoms with van der Waals surface area (Å²) in [6.45, 7) is 0.390. The molecule has 1 aliphatic rings. The molecule has 1 rings (SSSR count). The van der Waals surface area contributed by atoms with Crippen LogP contribution in [0.1, 0.15) is 0 Å². The van der Waals surface area contributed by atoms with Crippen LogP contribution in [0, 0.1) is 0 Å². The van der Waals surface area contributed by atoms with Gasteiger partial charge in [-0.25, -0.2) is 0 Å². The predicted molar refractivity (Wildman–Crippen MR) is 52.5 cm³/mol. The zero-order valence-electron chi connectivity index (χ0n) is 9.14. The first-order valence-electron chi connectivity index (χ1n) is 4.63. The van der Waals surface area contributed by atoms with Gasteiger partial charge in [0.2, 0.25) is 0 Å². The molecule has 0 spiro atoms. The summed E-state index contributed by atoms with van der Waals surface area (Å²) in [6.07, 6.45) is 1.12. The van der Waals surface area contributed by atoms with Crippen LogP contribution in [0.15, 0.2) is 11.8 Å². The van der Waals surface area contributed by atoms with Gasteiger partial charge in [-0.2, -0.15) is 0 Å². The summed E-state index contributed by atoms with van der Waals surface area (Å²) in [4.78, 5) is 10.7. The van der Waals surface area contributed by atoms with Crippen LogP contribution in [0.4, 0.5) is 0 Å². The highest BCUT2D eigenvalue weighted by Crippen LogP contribution is 2.22. The second-order valence-corrected chi connectivity index (χ2v) is 3.22. The monoisotopic (exact) mass is 216 g/mol. The average molecular weight is 216 g/mol. The maximum absolute atomic E-state index is 10.7. The average Bonchev–Trinajstić information content (AvgIpc) is 2.28. The van der Waals surface area contributed by atoms with Gasteiger partial charge in [-0.15, -0.1) is 0 Å². The van der Waals surface area contributed by atoms with Gasteiger partial charge < -0.3 is 18.9 Å². The molecule has 0 aliphatic carbocycles. The van der Waals surface area contributed by atoms with E-state index in [4.69, 9.17) is 18.9 Å². The number of hydrogen-bond donors (Lipinski definition) is 0. The van der Waals surface area contributed by atoms with Crippen molar-refractivity contribution in [3.8, 4) is 0 Å². The first-order chi connectivity index (χ1) is 7.28. The highest BCUT2D eigenvalue weighted by Gasteiger charge is 2.37. The summed E-state index contributed by atoms with van der Waals surface area (Å²) in [6, 6.07) is 0. The molecule has 0 aromatic heterocycles. The highest BCUT2D eigenvalue weighted by molar-refractivity contribution is 5.74. The third-order valence-electron chi connectivity index (χ3n) is 2.37. The minimum atomic E-state index is -0.401. The van der Waals surface area contributed by atoms with Gasteiger partial charge in [-0.1, -0.05) is 0 Å². The van der Waals surface area contributed by atoms with Crippen molar-refractivity contribution in [2.24, 2.45) is 0 Å². The number of methoxy groups -OCH3 is 3. The van der Waals surface area contributed by atoms with Crippen molar-refractivity contribution < 1.29 is 23.7 Å². The number of rotatable bonds is 5. The molecule has 0 amide bonds. The fourth-order valence-corrected chi connectivity index (χ4v) is 1.63. The predicted octanol–water partition coefficient (Wildman–Crippen LogP) is 0.144. The molecule has 0 aromatic rings. The van der Waals surface area contributed by atoms with Crippen molar-refractivity contribution in [1.29, 1.82) is 0 Å². The van der Waals surface area contributed by atoms with E-state index in [2.05, 4.69) is 0 Å². The van der Waals surface area contributed by atoms with Crippen LogP contribution in [-0.4, -0.2) is 52.5 Å². The molecule has 5 heteroatoms. The molecular weight excluding hydrogens is 200 g/mol. The largest absolute Gasteiger partial charge is 0.492 e. The zero-order chi connectivity index (χ0) is 11.3. The maximum Gasteiger partial charge on any atom is 0.151 e. The third kappa shape index (κ3) is 2.56. The summed E-state index contributed by atoms with van der Waals surface area (Å²) >= 11 is 0. The van der Waals surface area contributed by atoms with Crippen molar-refractivity contribution >= 4 is 6.29 Å². The molecule has 0 fully saturated rings. The van der Waals surface area contributed by atoms with E-state index in [-0.39, 0.29) is 12.2 Å². The van der Waals surface area contributed by atoms with Crippen molar-refractivity contribution in [2.75, 3.05) is 27.9 Å². The Balaban J connectivity index is 2.82. The van der Waals surface area contributed by atoms with Gasteiger partial charge in [0.05, 0.1) is 18.4 Å². The summed E-state index contributed by atoms with van der Waals surface area (Å²) in [5.41, 5.74) is 0.441. The van der Waals surface area contributed by atoms with E-state index >= 15 is 0 Å². The molecule has 15 heavy (non-hydrogen) atoms. The molecule has 0 unspecified atom stereocenters. The van der Waals surface area contributed by atoms with Crippen LogP contribution >= 0.6 is 0 Å². The molecule has 0 saturated heterocycles. The lowest BCUT2D eigenvalue weighted by molar-refractivity contribution is -0.126. The molecule has 0 bridgehead atoms. The Morgan fingerprint density at radius 3 is 2.60 bits per heavy atom. The molecule has 0 N–H and O–H groups in total. The van der Waals surface area contributed by atoms with Gasteiger partial charge in [-0.05, 0) is 0 Å². The second kappa shape index (κ2) is 5.85. The van der Waals surface area contributed by atoms with Crippen LogP contribution in [0.2, 0.25) is 0 Å². The number of hydrogen-bond acceptors (Lipinski definition) is 5. The normalized spacial score (nSPS) is 30.6. The fraction of sp³-hybridized carbons (Fsp3) is 0.700. The lowest BCUT2D eigenvalue weighted by Crippen LogP contribution is -2.47. The first-order valence-corrected chi connectivity index (χ1v) is 4.63. The lowest BCUT2D eigenvalue weighted by Gasteiger charge is -2.34. The third-order valence-corrected chi connectivity index (χ3v) is 2.37. The maximum atomic E-state index is 10.7. The van der Waals surface area contributed by atoms with Crippen LogP contribution in [0.3, 0.4) is 0 Å². The standard InChI is InChI=1S/C10H16O5/c1-12-6-8-10(14-3)9(13-2)7(4-11)5-15-8/h4-5,8-10H,6H2,1-3H3/t8-,9-,10+/m1/s1. The molecule has 3 atom stereocenters. The van der Waals surface area contributed by atoms with Gasteiger partial charge in [-0.3, -0.25) is 4.79 Å². The fourth-order valence-electron chi connectivity index (χ4n) is 1.63. The second-order valence-electron chi connectivity index (χ2n) is 3.22. The number of carbonyl (C=O) groups is 1. The van der Waals surface area contributed by atoms with Gasteiger partial charge in [0.1, 0.15) is 18.3 Å². The zero-order valence-corrected chi connectivity index (χ0v) is 9.14. The van der Waals surface area contributed by atoms with Crippen LogP contribution in [0.25, 0.3) is 0 Å². The summed E-state index contributed by atoms with van der Waals surface area (Å²) in [5, 5.41) is 0. The van der Waals surface area contributed by atoms with E-state index in [9.17, 15) is 4.79 Å². The van der Waals surface area contributed by atoms with E-state index in [1.165, 1.54) is 13.4 Å². The highest BCUT2D eigenvalue weighted by atomic mass is 16.6. The molecule has 0 aromatic carbocycles. The van der Waals surface area contributed by atoms with E-state index in [1.54, 1.807) is 14.2 Å². The first kappa shape index (κ1) is 12.2. The van der Waals surface area contributed by atoms with Gasteiger partial charge >= 0.3 is 0 Å². The Hall–Kier alpha value is -0.910. The minimum absolute atomic E-state index is 0.256. The SMILES string of the molecule is COC[C@H]1OC=C(C=O)[C@@H](OC)[C@H]1OC. The molecule has 86 valence electrons. The Morgan fingerprint density at radius 1 is 1.40 bits per heavy atom. The lowest BCUT2D eigenvalue weighted by atomic mass is 9.99. The Labute approximate surface area is 88.9 Å². The molecule has 0 radical (unpaired) electrons. The number of aldehydes is 1. The number of carbonyl (C=O) groups excluding carboxylic acids is 1. The molecule has 5 nitrogen and oxygen atoms in total. The van der Waals surface area contributed by atoms with Crippen LogP contribution < -0.4 is 0 Å². The van der Waals surface area contributed by atoms with Crippen molar-refractivity contribution in [2.45, 2.75) is 18.3 Å². The van der Waals surface area contributed by atoms with E-state index < -0.39 is 6.10 Å². The Bertz CT molecular complexity index is 238. The van der Waals surface area contributed by atoms with Crippen LogP contribution in [0.5, 0.6) is 0 Å². The molecular formula is C10H16O5. The molecule has 1 heterocycles. The van der Waals surface area contributed by atoms with E-state index in [0.29, 0.717) is 18.5 Å². The number of ether oxygens (including phenoxy) is 4. The topological polar surface area (TPSA) is 54.0 Å². The summed E-state index contributed by atoms with van der Waals surface area (Å²) in [7, 11) is 4.66. The van der Waals surface area contributed by atoms with Gasteiger partial charge in [0, 0.05) is 21.3 Å². The van der Waals surface area contributed by atoms with Crippen molar-refractivity contribution in [3.63, 3.8) is 0 Å². The smallest absolute Gasteiger partial charge is 0.151 e. The minimum Gasteiger partial charge on any atom is -0.492 e. The van der Waals surface area contributed by atoms with E-state index in [0.717, 1.165) is 0 Å². The molecule has 1 aliphatic heterocycles. The Morgan fingerprint density at radius 2 is 2.13 bits per heavy atom. The Kier molecular flexibility index (Phi) is 4.74. The quantitative estimate of drug-likeness (QED) is 0.612. The summed E-state index contributed by atoms with van der Waals surface area (Å²) < 4.78 is 20.8. The van der Waals surface area contributed by atoms with Crippen molar-refractivity contribution in [3.05, 3.63) is 11.8 Å².